The van der Waals surface area contributed by atoms with Crippen molar-refractivity contribution in [3.8, 4) is 0 Å². The summed E-state index contributed by atoms with van der Waals surface area (Å²) in [6, 6.07) is 14.6. The molecule has 0 saturated carbocycles. The van der Waals surface area contributed by atoms with Crippen molar-refractivity contribution in [1.29, 1.82) is 0 Å². The molecular weight excluding hydrogens is 314 g/mol. The summed E-state index contributed by atoms with van der Waals surface area (Å²) in [6.07, 6.45) is 0. The highest BCUT2D eigenvalue weighted by Crippen LogP contribution is 2.28. The van der Waals surface area contributed by atoms with Gasteiger partial charge in [-0.05, 0) is 42.3 Å². The third kappa shape index (κ3) is 3.36. The van der Waals surface area contributed by atoms with Crippen LogP contribution in [0.5, 0.6) is 0 Å². The quantitative estimate of drug-likeness (QED) is 0.935. The molecular formula is C20H23N3O2. The Kier molecular flexibility index (Phi) is 4.74. The Morgan fingerprint density at radius 1 is 1.12 bits per heavy atom. The smallest absolute Gasteiger partial charge is 0.254 e. The van der Waals surface area contributed by atoms with Crippen molar-refractivity contribution in [1.82, 2.24) is 10.2 Å². The second-order valence-corrected chi connectivity index (χ2v) is 6.49. The van der Waals surface area contributed by atoms with Crippen LogP contribution in [-0.4, -0.2) is 43.9 Å². The first kappa shape index (κ1) is 17.0. The van der Waals surface area contributed by atoms with Crippen LogP contribution in [0.1, 0.15) is 27.5 Å². The molecule has 0 bridgehead atoms. The van der Waals surface area contributed by atoms with E-state index in [-0.39, 0.29) is 11.8 Å². The molecule has 0 aromatic heterocycles. The Morgan fingerprint density at radius 3 is 2.44 bits per heavy atom. The van der Waals surface area contributed by atoms with Crippen molar-refractivity contribution in [3.63, 3.8) is 0 Å². The standard InChI is InChI=1S/C20H23N3O2/c1-14-6-4-5-7-17(14)18-19(24)21-12-13-23(18)20(25)15-8-10-16(11-9-15)22(2)3/h4-11,18H,12-13H2,1-3H3,(H,21,24)/t18-/m1/s1. The van der Waals surface area contributed by atoms with Crippen molar-refractivity contribution in [3.05, 3.63) is 65.2 Å². The molecule has 130 valence electrons. The van der Waals surface area contributed by atoms with E-state index in [0.717, 1.165) is 16.8 Å². The number of nitrogens with zero attached hydrogens (tertiary/aromatic N) is 2. The topological polar surface area (TPSA) is 52.7 Å². The van der Waals surface area contributed by atoms with Gasteiger partial charge in [-0.3, -0.25) is 9.59 Å². The third-order valence-corrected chi connectivity index (χ3v) is 4.59. The lowest BCUT2D eigenvalue weighted by Crippen LogP contribution is -2.52. The number of amides is 2. The minimum atomic E-state index is -0.587. The van der Waals surface area contributed by atoms with Gasteiger partial charge >= 0.3 is 0 Å². The Bertz CT molecular complexity index is 784. The van der Waals surface area contributed by atoms with E-state index in [9.17, 15) is 9.59 Å². The van der Waals surface area contributed by atoms with Crippen LogP contribution >= 0.6 is 0 Å². The molecule has 2 aromatic rings. The molecule has 2 aromatic carbocycles. The number of carbonyl (C=O) groups is 2. The highest BCUT2D eigenvalue weighted by atomic mass is 16.2. The monoisotopic (exact) mass is 337 g/mol. The molecule has 1 fully saturated rings. The van der Waals surface area contributed by atoms with Crippen LogP contribution in [-0.2, 0) is 4.79 Å². The molecule has 0 unspecified atom stereocenters. The Morgan fingerprint density at radius 2 is 1.80 bits per heavy atom. The summed E-state index contributed by atoms with van der Waals surface area (Å²) in [4.78, 5) is 29.2. The predicted molar refractivity (Wildman–Crippen MR) is 98.7 cm³/mol. The van der Waals surface area contributed by atoms with Gasteiger partial charge < -0.3 is 15.1 Å². The number of hydrogen-bond donors (Lipinski definition) is 1. The Balaban J connectivity index is 1.94. The van der Waals surface area contributed by atoms with E-state index in [1.54, 1.807) is 4.90 Å². The highest BCUT2D eigenvalue weighted by molar-refractivity contribution is 5.98. The Labute approximate surface area is 148 Å². The van der Waals surface area contributed by atoms with Crippen molar-refractivity contribution in [2.24, 2.45) is 0 Å². The van der Waals surface area contributed by atoms with Gasteiger partial charge in [-0.1, -0.05) is 24.3 Å². The zero-order chi connectivity index (χ0) is 18.0. The third-order valence-electron chi connectivity index (χ3n) is 4.59. The number of aryl methyl sites for hydroxylation is 1. The van der Waals surface area contributed by atoms with Crippen LogP contribution in [0.4, 0.5) is 5.69 Å². The number of piperazine rings is 1. The zero-order valence-corrected chi connectivity index (χ0v) is 14.8. The molecule has 1 atom stereocenters. The molecule has 25 heavy (non-hydrogen) atoms. The number of carbonyl (C=O) groups excluding carboxylic acids is 2. The fourth-order valence-electron chi connectivity index (χ4n) is 3.16. The van der Waals surface area contributed by atoms with Gasteiger partial charge in [0.1, 0.15) is 6.04 Å². The predicted octanol–water partition coefficient (Wildman–Crippen LogP) is 2.37. The van der Waals surface area contributed by atoms with Crippen molar-refractivity contribution in [2.45, 2.75) is 13.0 Å². The van der Waals surface area contributed by atoms with E-state index in [4.69, 9.17) is 0 Å². The van der Waals surface area contributed by atoms with Crippen LogP contribution in [0.15, 0.2) is 48.5 Å². The lowest BCUT2D eigenvalue weighted by atomic mass is 9.97. The lowest BCUT2D eigenvalue weighted by Gasteiger charge is -2.36. The molecule has 3 rings (SSSR count). The number of anilines is 1. The van der Waals surface area contributed by atoms with Crippen molar-refractivity contribution < 1.29 is 9.59 Å². The van der Waals surface area contributed by atoms with Crippen LogP contribution in [0.2, 0.25) is 0 Å². The summed E-state index contributed by atoms with van der Waals surface area (Å²) in [7, 11) is 3.92. The summed E-state index contributed by atoms with van der Waals surface area (Å²) < 4.78 is 0. The molecule has 2 amide bonds. The maximum Gasteiger partial charge on any atom is 0.254 e. The number of nitrogens with one attached hydrogen (secondary N) is 1. The first-order valence-corrected chi connectivity index (χ1v) is 8.40. The molecule has 1 saturated heterocycles. The number of rotatable bonds is 3. The molecule has 1 N–H and O–H groups in total. The maximum atomic E-state index is 13.1. The molecule has 1 aliphatic rings. The average molecular weight is 337 g/mol. The summed E-state index contributed by atoms with van der Waals surface area (Å²) >= 11 is 0. The molecule has 1 heterocycles. The average Bonchev–Trinajstić information content (AvgIpc) is 2.62. The van der Waals surface area contributed by atoms with Gasteiger partial charge in [0.15, 0.2) is 0 Å². The van der Waals surface area contributed by atoms with Gasteiger partial charge in [-0.2, -0.15) is 0 Å². The summed E-state index contributed by atoms with van der Waals surface area (Å²) in [5.74, 6) is -0.243. The fraction of sp³-hybridized carbons (Fsp3) is 0.300. The van der Waals surface area contributed by atoms with Gasteiger partial charge in [0.25, 0.3) is 5.91 Å². The van der Waals surface area contributed by atoms with Gasteiger partial charge in [0.2, 0.25) is 5.91 Å². The molecule has 0 radical (unpaired) electrons. The summed E-state index contributed by atoms with van der Waals surface area (Å²) in [6.45, 7) is 2.94. The number of benzene rings is 2. The highest BCUT2D eigenvalue weighted by Gasteiger charge is 2.35. The molecule has 1 aliphatic heterocycles. The lowest BCUT2D eigenvalue weighted by molar-refractivity contribution is -0.128. The van der Waals surface area contributed by atoms with Crippen LogP contribution < -0.4 is 10.2 Å². The molecule has 0 spiro atoms. The largest absolute Gasteiger partial charge is 0.378 e. The van der Waals surface area contributed by atoms with Gasteiger partial charge in [-0.25, -0.2) is 0 Å². The zero-order valence-electron chi connectivity index (χ0n) is 14.8. The molecule has 5 nitrogen and oxygen atoms in total. The van der Waals surface area contributed by atoms with E-state index in [0.29, 0.717) is 18.7 Å². The second-order valence-electron chi connectivity index (χ2n) is 6.49. The van der Waals surface area contributed by atoms with E-state index < -0.39 is 6.04 Å². The minimum absolute atomic E-state index is 0.117. The normalized spacial score (nSPS) is 17.2. The minimum Gasteiger partial charge on any atom is -0.378 e. The van der Waals surface area contributed by atoms with Crippen molar-refractivity contribution in [2.75, 3.05) is 32.1 Å². The maximum absolute atomic E-state index is 13.1. The SMILES string of the molecule is Cc1ccccc1[C@@H]1C(=O)NCCN1C(=O)c1ccc(N(C)C)cc1. The van der Waals surface area contributed by atoms with E-state index in [2.05, 4.69) is 5.32 Å². The van der Waals surface area contributed by atoms with Crippen LogP contribution in [0, 0.1) is 6.92 Å². The second kappa shape index (κ2) is 6.97. The summed E-state index contributed by atoms with van der Waals surface area (Å²) in [5.41, 5.74) is 3.51. The fourth-order valence-corrected chi connectivity index (χ4v) is 3.16. The first-order chi connectivity index (χ1) is 12.0. The van der Waals surface area contributed by atoms with Crippen molar-refractivity contribution >= 4 is 17.5 Å². The van der Waals surface area contributed by atoms with Gasteiger partial charge in [-0.15, -0.1) is 0 Å². The molecule has 0 aliphatic carbocycles. The van der Waals surface area contributed by atoms with Crippen LogP contribution in [0.25, 0.3) is 0 Å². The first-order valence-electron chi connectivity index (χ1n) is 8.40. The Hall–Kier alpha value is -2.82. The van der Waals surface area contributed by atoms with E-state index >= 15 is 0 Å². The molecule has 5 heteroatoms. The van der Waals surface area contributed by atoms with E-state index in [1.165, 1.54) is 0 Å². The van der Waals surface area contributed by atoms with Gasteiger partial charge in [0.05, 0.1) is 0 Å². The number of hydrogen-bond acceptors (Lipinski definition) is 3. The summed E-state index contributed by atoms with van der Waals surface area (Å²) in [5, 5.41) is 2.88. The van der Waals surface area contributed by atoms with E-state index in [1.807, 2.05) is 74.4 Å². The van der Waals surface area contributed by atoms with Crippen LogP contribution in [0.3, 0.4) is 0 Å². The van der Waals surface area contributed by atoms with Gasteiger partial charge in [0, 0.05) is 38.4 Å².